The van der Waals surface area contributed by atoms with Crippen LogP contribution in [0.1, 0.15) is 12.5 Å². The van der Waals surface area contributed by atoms with Gasteiger partial charge in [-0.05, 0) is 19.2 Å². The van der Waals surface area contributed by atoms with Crippen molar-refractivity contribution in [2.75, 3.05) is 33.3 Å². The average molecular weight is 290 g/mol. The van der Waals surface area contributed by atoms with Crippen LogP contribution in [0.2, 0.25) is 0 Å². The maximum Gasteiger partial charge on any atom is 0.401 e. The number of likely N-dealkylation sites (N-methyl/N-ethyl adjacent to an activating group) is 2. The molecule has 0 aliphatic rings. The zero-order valence-corrected chi connectivity index (χ0v) is 11.7. The lowest BCUT2D eigenvalue weighted by Gasteiger charge is -2.37. The molecule has 1 rings (SSSR count). The summed E-state index contributed by atoms with van der Waals surface area (Å²) in [5, 5.41) is 12.9. The molecular weight excluding hydrogens is 269 g/mol. The van der Waals surface area contributed by atoms with Crippen molar-refractivity contribution in [1.29, 1.82) is 0 Å². The zero-order valence-electron chi connectivity index (χ0n) is 11.7. The molecule has 0 bridgehead atoms. The largest absolute Gasteiger partial charge is 0.401 e. The van der Waals surface area contributed by atoms with E-state index in [9.17, 15) is 18.3 Å². The van der Waals surface area contributed by atoms with Crippen LogP contribution in [0.5, 0.6) is 0 Å². The van der Waals surface area contributed by atoms with E-state index in [2.05, 4.69) is 5.32 Å². The predicted octanol–water partition coefficient (Wildman–Crippen LogP) is 1.98. The van der Waals surface area contributed by atoms with E-state index in [1.54, 1.807) is 24.3 Å². The summed E-state index contributed by atoms with van der Waals surface area (Å²) >= 11 is 0. The first-order valence-electron chi connectivity index (χ1n) is 6.49. The van der Waals surface area contributed by atoms with E-state index in [0.29, 0.717) is 6.54 Å². The highest BCUT2D eigenvalue weighted by Crippen LogP contribution is 2.24. The Bertz CT molecular complexity index is 397. The average Bonchev–Trinajstić information content (AvgIpc) is 2.37. The Morgan fingerprint density at radius 1 is 1.15 bits per heavy atom. The van der Waals surface area contributed by atoms with Crippen LogP contribution in [0.25, 0.3) is 0 Å². The number of rotatable bonds is 7. The Kier molecular flexibility index (Phi) is 5.98. The number of alkyl halides is 3. The van der Waals surface area contributed by atoms with E-state index in [1.807, 2.05) is 13.0 Å². The minimum Gasteiger partial charge on any atom is -0.394 e. The van der Waals surface area contributed by atoms with Gasteiger partial charge in [0.2, 0.25) is 0 Å². The summed E-state index contributed by atoms with van der Waals surface area (Å²) in [6, 6.07) is 9.05. The van der Waals surface area contributed by atoms with Crippen LogP contribution >= 0.6 is 0 Å². The van der Waals surface area contributed by atoms with E-state index in [0.717, 1.165) is 5.56 Å². The van der Waals surface area contributed by atoms with Crippen LogP contribution in [0.4, 0.5) is 13.2 Å². The van der Waals surface area contributed by atoms with Crippen LogP contribution in [-0.4, -0.2) is 49.5 Å². The maximum atomic E-state index is 12.4. The highest BCUT2D eigenvalue weighted by atomic mass is 19.4. The van der Waals surface area contributed by atoms with Gasteiger partial charge in [-0.1, -0.05) is 37.3 Å². The molecule has 1 aromatic rings. The standard InChI is InChI=1S/C14H21F3N2O/c1-3-18-13(11-20,12-7-5-4-6-8-12)9-19(2)10-14(15,16)17/h4-8,18,20H,3,9-11H2,1-2H3. The van der Waals surface area contributed by atoms with Crippen molar-refractivity contribution in [1.82, 2.24) is 10.2 Å². The molecule has 6 heteroatoms. The molecule has 0 aliphatic carbocycles. The SMILES string of the molecule is CCNC(CO)(CN(C)CC(F)(F)F)c1ccccc1. The molecule has 0 amide bonds. The molecule has 0 spiro atoms. The second kappa shape index (κ2) is 7.06. The summed E-state index contributed by atoms with van der Waals surface area (Å²) < 4.78 is 37.3. The number of benzene rings is 1. The number of hydrogen-bond donors (Lipinski definition) is 2. The molecule has 0 heterocycles. The summed E-state index contributed by atoms with van der Waals surface area (Å²) in [4.78, 5) is 1.17. The summed E-state index contributed by atoms with van der Waals surface area (Å²) in [7, 11) is 1.40. The summed E-state index contributed by atoms with van der Waals surface area (Å²) in [5.74, 6) is 0. The Labute approximate surface area is 117 Å². The highest BCUT2D eigenvalue weighted by Gasteiger charge is 2.36. The lowest BCUT2D eigenvalue weighted by molar-refractivity contribution is -0.145. The third-order valence-electron chi connectivity index (χ3n) is 3.10. The first-order chi connectivity index (χ1) is 9.33. The van der Waals surface area contributed by atoms with Crippen LogP contribution in [0.3, 0.4) is 0 Å². The Morgan fingerprint density at radius 3 is 2.20 bits per heavy atom. The Morgan fingerprint density at radius 2 is 1.75 bits per heavy atom. The molecular formula is C14H21F3N2O. The molecule has 1 atom stereocenters. The van der Waals surface area contributed by atoms with E-state index < -0.39 is 18.3 Å². The van der Waals surface area contributed by atoms with Gasteiger partial charge in [-0.3, -0.25) is 4.90 Å². The van der Waals surface area contributed by atoms with E-state index in [-0.39, 0.29) is 13.2 Å². The molecule has 0 saturated heterocycles. The van der Waals surface area contributed by atoms with Crippen molar-refractivity contribution >= 4 is 0 Å². The second-order valence-electron chi connectivity index (χ2n) is 4.92. The molecule has 0 aliphatic heterocycles. The van der Waals surface area contributed by atoms with Gasteiger partial charge in [0, 0.05) is 6.54 Å². The number of nitrogens with one attached hydrogen (secondary N) is 1. The van der Waals surface area contributed by atoms with Gasteiger partial charge >= 0.3 is 6.18 Å². The number of aliphatic hydroxyl groups is 1. The van der Waals surface area contributed by atoms with E-state index in [1.165, 1.54) is 11.9 Å². The molecule has 0 fully saturated rings. The van der Waals surface area contributed by atoms with Crippen LogP contribution in [0, 0.1) is 0 Å². The van der Waals surface area contributed by atoms with Crippen molar-refractivity contribution in [3.63, 3.8) is 0 Å². The second-order valence-corrected chi connectivity index (χ2v) is 4.92. The summed E-state index contributed by atoms with van der Waals surface area (Å²) in [6.45, 7) is 1.20. The minimum atomic E-state index is -4.25. The van der Waals surface area contributed by atoms with Gasteiger partial charge in [-0.2, -0.15) is 13.2 Å². The predicted molar refractivity (Wildman–Crippen MR) is 72.4 cm³/mol. The topological polar surface area (TPSA) is 35.5 Å². The fraction of sp³-hybridized carbons (Fsp3) is 0.571. The molecule has 0 saturated carbocycles. The highest BCUT2D eigenvalue weighted by molar-refractivity contribution is 5.25. The van der Waals surface area contributed by atoms with Gasteiger partial charge in [0.05, 0.1) is 18.7 Å². The molecule has 0 aromatic heterocycles. The normalized spacial score (nSPS) is 15.3. The third kappa shape index (κ3) is 4.77. The van der Waals surface area contributed by atoms with Crippen LogP contribution in [-0.2, 0) is 5.54 Å². The first-order valence-corrected chi connectivity index (χ1v) is 6.49. The lowest BCUT2D eigenvalue weighted by atomic mass is 9.90. The van der Waals surface area contributed by atoms with Gasteiger partial charge in [-0.25, -0.2) is 0 Å². The number of aliphatic hydroxyl groups excluding tert-OH is 1. The molecule has 1 unspecified atom stereocenters. The van der Waals surface area contributed by atoms with Crippen molar-refractivity contribution in [2.45, 2.75) is 18.6 Å². The maximum absolute atomic E-state index is 12.4. The number of hydrogen-bond acceptors (Lipinski definition) is 3. The van der Waals surface area contributed by atoms with Gasteiger partial charge in [-0.15, -0.1) is 0 Å². The van der Waals surface area contributed by atoms with Crippen molar-refractivity contribution in [2.24, 2.45) is 0 Å². The van der Waals surface area contributed by atoms with Gasteiger partial charge < -0.3 is 10.4 Å². The fourth-order valence-corrected chi connectivity index (χ4v) is 2.36. The monoisotopic (exact) mass is 290 g/mol. The van der Waals surface area contributed by atoms with Gasteiger partial charge in [0.15, 0.2) is 0 Å². The number of halogens is 3. The van der Waals surface area contributed by atoms with Gasteiger partial charge in [0.1, 0.15) is 0 Å². The lowest BCUT2D eigenvalue weighted by Crippen LogP contribution is -2.54. The quantitative estimate of drug-likeness (QED) is 0.806. The van der Waals surface area contributed by atoms with Crippen molar-refractivity contribution < 1.29 is 18.3 Å². The molecule has 0 radical (unpaired) electrons. The molecule has 114 valence electrons. The van der Waals surface area contributed by atoms with Crippen LogP contribution in [0.15, 0.2) is 30.3 Å². The van der Waals surface area contributed by atoms with E-state index >= 15 is 0 Å². The fourth-order valence-electron chi connectivity index (χ4n) is 2.36. The minimum absolute atomic E-state index is 0.0703. The molecule has 1 aromatic carbocycles. The molecule has 2 N–H and O–H groups in total. The summed E-state index contributed by atoms with van der Waals surface area (Å²) in [5.41, 5.74) is -0.117. The van der Waals surface area contributed by atoms with Crippen molar-refractivity contribution in [3.05, 3.63) is 35.9 Å². The smallest absolute Gasteiger partial charge is 0.394 e. The molecule has 3 nitrogen and oxygen atoms in total. The Hall–Kier alpha value is -1.11. The Balaban J connectivity index is 2.94. The molecule has 20 heavy (non-hydrogen) atoms. The van der Waals surface area contributed by atoms with Gasteiger partial charge in [0.25, 0.3) is 0 Å². The van der Waals surface area contributed by atoms with Crippen molar-refractivity contribution in [3.8, 4) is 0 Å². The number of nitrogens with zero attached hydrogens (tertiary/aromatic N) is 1. The van der Waals surface area contributed by atoms with E-state index in [4.69, 9.17) is 0 Å². The third-order valence-corrected chi connectivity index (χ3v) is 3.10. The zero-order chi connectivity index (χ0) is 15.2. The first kappa shape index (κ1) is 16.9. The summed E-state index contributed by atoms with van der Waals surface area (Å²) in [6.07, 6.45) is -4.25. The van der Waals surface area contributed by atoms with Crippen LogP contribution < -0.4 is 5.32 Å².